The monoisotopic (exact) mass is 564 g/mol. The van der Waals surface area contributed by atoms with Crippen LogP contribution in [0.25, 0.3) is 0 Å². The van der Waals surface area contributed by atoms with Gasteiger partial charge < -0.3 is 29.4 Å². The molecule has 2 aliphatic heterocycles. The van der Waals surface area contributed by atoms with E-state index >= 15 is 0 Å². The van der Waals surface area contributed by atoms with Gasteiger partial charge in [0.15, 0.2) is 5.60 Å². The highest BCUT2D eigenvalue weighted by Gasteiger charge is 2.36. The molecule has 0 aliphatic carbocycles. The van der Waals surface area contributed by atoms with Gasteiger partial charge in [0.25, 0.3) is 5.91 Å². The van der Waals surface area contributed by atoms with Crippen LogP contribution in [-0.2, 0) is 16.1 Å². The van der Waals surface area contributed by atoms with E-state index < -0.39 is 11.7 Å². The van der Waals surface area contributed by atoms with Gasteiger partial charge in [-0.05, 0) is 55.9 Å². The fourth-order valence-electron chi connectivity index (χ4n) is 5.65. The van der Waals surface area contributed by atoms with Gasteiger partial charge in [-0.3, -0.25) is 9.59 Å². The quantitative estimate of drug-likeness (QED) is 0.501. The fourth-order valence-corrected chi connectivity index (χ4v) is 5.65. The van der Waals surface area contributed by atoms with E-state index in [0.717, 1.165) is 30.6 Å². The summed E-state index contributed by atoms with van der Waals surface area (Å²) in [5, 5.41) is 9.18. The summed E-state index contributed by atoms with van der Waals surface area (Å²) in [6.07, 6.45) is 0.818. The van der Waals surface area contributed by atoms with Gasteiger partial charge in [0.2, 0.25) is 5.91 Å². The largest absolute Gasteiger partial charge is 0.478 e. The first kappa shape index (κ1) is 30.2. The Kier molecular flexibility index (Phi) is 9.46. The van der Waals surface area contributed by atoms with Crippen molar-refractivity contribution in [3.05, 3.63) is 59.7 Å². The standard InChI is InChI=1S/C32H44N4O5/c1-23(2)25-13-11-24(12-14-25)21-33(5)29(37)26-8-7-15-36(22-26)27-9-6-10-28(20-27)41-32(3,4)30(38)34-16-18-35(19-17-34)31(39)40/h6,9-14,20,23,26H,7-8,15-19,21-22H2,1-5H3,(H,39,40). The number of nitrogens with zero attached hydrogens (tertiary/aromatic N) is 4. The molecule has 3 amide bonds. The highest BCUT2D eigenvalue weighted by atomic mass is 16.5. The summed E-state index contributed by atoms with van der Waals surface area (Å²) in [6, 6.07) is 16.2. The Morgan fingerprint density at radius 2 is 1.66 bits per heavy atom. The maximum atomic E-state index is 13.4. The van der Waals surface area contributed by atoms with Crippen LogP contribution in [0, 0.1) is 5.92 Å². The Morgan fingerprint density at radius 1 is 1.00 bits per heavy atom. The summed E-state index contributed by atoms with van der Waals surface area (Å²) in [5.74, 6) is 0.966. The highest BCUT2D eigenvalue weighted by Crippen LogP contribution is 2.30. The van der Waals surface area contributed by atoms with Gasteiger partial charge in [0, 0.05) is 64.6 Å². The molecule has 0 saturated carbocycles. The molecule has 2 heterocycles. The second-order valence-corrected chi connectivity index (χ2v) is 12.0. The van der Waals surface area contributed by atoms with E-state index in [1.54, 1.807) is 18.7 Å². The molecule has 2 fully saturated rings. The summed E-state index contributed by atoms with van der Waals surface area (Å²) in [7, 11) is 1.88. The minimum absolute atomic E-state index is 0.0873. The van der Waals surface area contributed by atoms with E-state index in [4.69, 9.17) is 4.74 Å². The lowest BCUT2D eigenvalue weighted by atomic mass is 9.95. The number of amides is 3. The molecule has 2 aromatic rings. The number of ether oxygens (including phenoxy) is 1. The topological polar surface area (TPSA) is 93.6 Å². The Morgan fingerprint density at radius 3 is 2.29 bits per heavy atom. The molecule has 0 spiro atoms. The number of piperazine rings is 1. The predicted molar refractivity (Wildman–Crippen MR) is 159 cm³/mol. The van der Waals surface area contributed by atoms with Gasteiger partial charge in [0.05, 0.1) is 5.92 Å². The first-order valence-corrected chi connectivity index (χ1v) is 14.6. The molecule has 2 aliphatic rings. The lowest BCUT2D eigenvalue weighted by molar-refractivity contribution is -0.147. The normalized spacial score (nSPS) is 17.9. The van der Waals surface area contributed by atoms with Crippen LogP contribution in [0.4, 0.5) is 10.5 Å². The van der Waals surface area contributed by atoms with E-state index in [2.05, 4.69) is 43.0 Å². The smallest absolute Gasteiger partial charge is 0.407 e. The molecule has 1 atom stereocenters. The molecular formula is C32H44N4O5. The number of benzene rings is 2. The van der Waals surface area contributed by atoms with Crippen LogP contribution in [0.5, 0.6) is 5.75 Å². The van der Waals surface area contributed by atoms with Crippen LogP contribution in [-0.4, -0.2) is 89.6 Å². The Labute approximate surface area is 243 Å². The third-order valence-corrected chi connectivity index (χ3v) is 8.12. The lowest BCUT2D eigenvalue weighted by Gasteiger charge is -2.38. The lowest BCUT2D eigenvalue weighted by Crippen LogP contribution is -2.56. The summed E-state index contributed by atoms with van der Waals surface area (Å²) >= 11 is 0. The number of anilines is 1. The van der Waals surface area contributed by atoms with Crippen molar-refractivity contribution in [1.82, 2.24) is 14.7 Å². The maximum Gasteiger partial charge on any atom is 0.407 e. The number of rotatable bonds is 8. The number of carbonyl (C=O) groups is 3. The molecule has 4 rings (SSSR count). The van der Waals surface area contributed by atoms with Crippen LogP contribution < -0.4 is 9.64 Å². The van der Waals surface area contributed by atoms with E-state index in [0.29, 0.717) is 50.9 Å². The molecule has 9 nitrogen and oxygen atoms in total. The van der Waals surface area contributed by atoms with Crippen LogP contribution in [0.3, 0.4) is 0 Å². The second-order valence-electron chi connectivity index (χ2n) is 12.0. The molecule has 2 saturated heterocycles. The number of carbonyl (C=O) groups excluding carboxylic acids is 2. The Bertz CT molecular complexity index is 1220. The zero-order valence-corrected chi connectivity index (χ0v) is 25.0. The summed E-state index contributed by atoms with van der Waals surface area (Å²) in [5.41, 5.74) is 2.28. The molecule has 2 aromatic carbocycles. The molecule has 0 radical (unpaired) electrons. The minimum Gasteiger partial charge on any atom is -0.478 e. The third-order valence-electron chi connectivity index (χ3n) is 8.12. The zero-order chi connectivity index (χ0) is 29.7. The van der Waals surface area contributed by atoms with E-state index in [9.17, 15) is 19.5 Å². The van der Waals surface area contributed by atoms with Crippen LogP contribution in [0.15, 0.2) is 48.5 Å². The van der Waals surface area contributed by atoms with Crippen molar-refractivity contribution in [3.8, 4) is 5.75 Å². The third kappa shape index (κ3) is 7.51. The van der Waals surface area contributed by atoms with Gasteiger partial charge in [-0.1, -0.05) is 44.2 Å². The molecular weight excluding hydrogens is 520 g/mol. The van der Waals surface area contributed by atoms with Gasteiger partial charge >= 0.3 is 6.09 Å². The van der Waals surface area contributed by atoms with Crippen molar-refractivity contribution >= 4 is 23.6 Å². The fraction of sp³-hybridized carbons (Fsp3) is 0.531. The zero-order valence-electron chi connectivity index (χ0n) is 25.0. The minimum atomic E-state index is -1.11. The highest BCUT2D eigenvalue weighted by molar-refractivity contribution is 5.85. The number of hydrogen-bond acceptors (Lipinski definition) is 5. The number of piperidine rings is 1. The van der Waals surface area contributed by atoms with Gasteiger partial charge in [-0.2, -0.15) is 0 Å². The van der Waals surface area contributed by atoms with E-state index in [1.165, 1.54) is 10.5 Å². The second kappa shape index (κ2) is 12.8. The van der Waals surface area contributed by atoms with Gasteiger partial charge in [-0.15, -0.1) is 0 Å². The van der Waals surface area contributed by atoms with E-state index in [-0.39, 0.29) is 17.7 Å². The van der Waals surface area contributed by atoms with Crippen molar-refractivity contribution < 1.29 is 24.2 Å². The van der Waals surface area contributed by atoms with Crippen molar-refractivity contribution in [2.75, 3.05) is 51.2 Å². The number of carboxylic acid groups (broad SMARTS) is 1. The molecule has 9 heteroatoms. The van der Waals surface area contributed by atoms with Crippen molar-refractivity contribution in [2.24, 2.45) is 5.92 Å². The Hall–Kier alpha value is -3.75. The number of hydrogen-bond donors (Lipinski definition) is 1. The first-order chi connectivity index (χ1) is 19.4. The van der Waals surface area contributed by atoms with Crippen molar-refractivity contribution in [1.29, 1.82) is 0 Å². The summed E-state index contributed by atoms with van der Waals surface area (Å²) < 4.78 is 6.20. The van der Waals surface area contributed by atoms with Crippen molar-refractivity contribution in [3.63, 3.8) is 0 Å². The van der Waals surface area contributed by atoms with Crippen LogP contribution in [0.1, 0.15) is 57.6 Å². The average molecular weight is 565 g/mol. The van der Waals surface area contributed by atoms with Crippen LogP contribution in [0.2, 0.25) is 0 Å². The van der Waals surface area contributed by atoms with Crippen LogP contribution >= 0.6 is 0 Å². The SMILES string of the molecule is CC(C)c1ccc(CN(C)C(=O)C2CCCN(c3cccc(OC(C)(C)C(=O)N4CCN(C(=O)O)CC4)c3)C2)cc1. The van der Waals surface area contributed by atoms with Crippen molar-refractivity contribution in [2.45, 2.75) is 58.6 Å². The molecule has 222 valence electrons. The molecule has 0 bridgehead atoms. The van der Waals surface area contributed by atoms with Gasteiger partial charge in [0.1, 0.15) is 5.75 Å². The van der Waals surface area contributed by atoms with E-state index in [1.807, 2.05) is 36.2 Å². The Balaban J connectivity index is 1.35. The molecule has 41 heavy (non-hydrogen) atoms. The summed E-state index contributed by atoms with van der Waals surface area (Å²) in [6.45, 7) is 11.2. The summed E-state index contributed by atoms with van der Waals surface area (Å²) in [4.78, 5) is 44.9. The molecule has 1 N–H and O–H groups in total. The molecule has 1 unspecified atom stereocenters. The first-order valence-electron chi connectivity index (χ1n) is 14.6. The maximum absolute atomic E-state index is 13.4. The molecule has 0 aromatic heterocycles. The van der Waals surface area contributed by atoms with Gasteiger partial charge in [-0.25, -0.2) is 4.79 Å². The predicted octanol–water partition coefficient (Wildman–Crippen LogP) is 4.66. The average Bonchev–Trinajstić information content (AvgIpc) is 2.96.